The van der Waals surface area contributed by atoms with Gasteiger partial charge in [-0.05, 0) is 24.3 Å². The molecule has 0 aliphatic carbocycles. The zero-order chi connectivity index (χ0) is 14.2. The highest BCUT2D eigenvalue weighted by atomic mass is 32.2. The Hall–Kier alpha value is -2.34. The zero-order valence-corrected chi connectivity index (χ0v) is 11.5. The molecule has 0 aromatic heterocycles. The molecule has 0 radical (unpaired) electrons. The van der Waals surface area contributed by atoms with Crippen LogP contribution >= 0.6 is 0 Å². The van der Waals surface area contributed by atoms with E-state index >= 15 is 0 Å². The Labute approximate surface area is 117 Å². The van der Waals surface area contributed by atoms with Gasteiger partial charge in [0.15, 0.2) is 5.84 Å². The molecule has 2 aromatic carbocycles. The number of amidine groups is 1. The van der Waals surface area contributed by atoms with Gasteiger partial charge in [-0.15, -0.1) is 4.40 Å². The second kappa shape index (κ2) is 4.64. The molecule has 0 saturated carbocycles. The van der Waals surface area contributed by atoms with Gasteiger partial charge in [-0.25, -0.2) is 0 Å². The molecule has 1 aliphatic rings. The van der Waals surface area contributed by atoms with Crippen molar-refractivity contribution in [2.75, 3.05) is 12.4 Å². The molecule has 1 aliphatic heterocycles. The van der Waals surface area contributed by atoms with E-state index in [9.17, 15) is 8.42 Å². The van der Waals surface area contributed by atoms with Crippen molar-refractivity contribution < 1.29 is 13.2 Å². The molecule has 0 spiro atoms. The van der Waals surface area contributed by atoms with E-state index in [1.165, 1.54) is 0 Å². The SMILES string of the molecule is COc1ccccc1NC1=NS(=O)(=O)c2ccccc21. The van der Waals surface area contributed by atoms with E-state index in [1.807, 2.05) is 12.1 Å². The summed E-state index contributed by atoms with van der Waals surface area (Å²) in [7, 11) is -2.05. The van der Waals surface area contributed by atoms with Gasteiger partial charge in [0.05, 0.1) is 12.8 Å². The van der Waals surface area contributed by atoms with Crippen molar-refractivity contribution in [3.8, 4) is 5.75 Å². The fourth-order valence-electron chi connectivity index (χ4n) is 2.07. The first-order valence-electron chi connectivity index (χ1n) is 5.96. The summed E-state index contributed by atoms with van der Waals surface area (Å²) in [6, 6.07) is 14.0. The maximum Gasteiger partial charge on any atom is 0.285 e. The highest BCUT2D eigenvalue weighted by Gasteiger charge is 2.28. The van der Waals surface area contributed by atoms with Crippen LogP contribution in [0.2, 0.25) is 0 Å². The van der Waals surface area contributed by atoms with Gasteiger partial charge >= 0.3 is 0 Å². The van der Waals surface area contributed by atoms with E-state index in [-0.39, 0.29) is 4.90 Å². The lowest BCUT2D eigenvalue weighted by molar-refractivity contribution is 0.417. The topological polar surface area (TPSA) is 67.8 Å². The lowest BCUT2D eigenvalue weighted by Crippen LogP contribution is -2.12. The summed E-state index contributed by atoms with van der Waals surface area (Å²) in [5.74, 6) is 0.932. The van der Waals surface area contributed by atoms with Crippen LogP contribution in [0.4, 0.5) is 5.69 Å². The fourth-order valence-corrected chi connectivity index (χ4v) is 3.25. The summed E-state index contributed by atoms with van der Waals surface area (Å²) in [4.78, 5) is 0.220. The number of anilines is 1. The molecule has 0 atom stereocenters. The standard InChI is InChI=1S/C14H12N2O3S/c1-19-12-8-4-3-7-11(12)15-14-10-6-2-5-9-13(10)20(17,18)16-14/h2-9H,1H3,(H,15,16). The van der Waals surface area contributed by atoms with Gasteiger partial charge in [0.2, 0.25) is 0 Å². The molecule has 0 bridgehead atoms. The molecule has 1 N–H and O–H groups in total. The first-order valence-corrected chi connectivity index (χ1v) is 7.40. The van der Waals surface area contributed by atoms with Crippen molar-refractivity contribution in [3.05, 3.63) is 54.1 Å². The zero-order valence-electron chi connectivity index (χ0n) is 10.7. The van der Waals surface area contributed by atoms with Crippen molar-refractivity contribution in [1.82, 2.24) is 0 Å². The van der Waals surface area contributed by atoms with Crippen LogP contribution in [0.1, 0.15) is 5.56 Å². The van der Waals surface area contributed by atoms with Crippen LogP contribution < -0.4 is 10.1 Å². The van der Waals surface area contributed by atoms with Crippen molar-refractivity contribution >= 4 is 21.5 Å². The Morgan fingerprint density at radius 2 is 1.75 bits per heavy atom. The monoisotopic (exact) mass is 288 g/mol. The van der Waals surface area contributed by atoms with Gasteiger partial charge in [0.1, 0.15) is 10.6 Å². The molecule has 6 heteroatoms. The third-order valence-corrected chi connectivity index (χ3v) is 4.33. The first kappa shape index (κ1) is 12.7. The van der Waals surface area contributed by atoms with Crippen LogP contribution in [0.25, 0.3) is 0 Å². The average Bonchev–Trinajstić information content (AvgIpc) is 2.71. The second-order valence-electron chi connectivity index (χ2n) is 4.24. The largest absolute Gasteiger partial charge is 0.495 e. The summed E-state index contributed by atoms with van der Waals surface area (Å²) >= 11 is 0. The lowest BCUT2D eigenvalue weighted by Gasteiger charge is -2.10. The Kier molecular flexibility index (Phi) is 2.94. The predicted molar refractivity (Wildman–Crippen MR) is 76.8 cm³/mol. The van der Waals surface area contributed by atoms with E-state index in [0.717, 1.165) is 0 Å². The number of hydrogen-bond donors (Lipinski definition) is 1. The Morgan fingerprint density at radius 3 is 2.55 bits per heavy atom. The number of benzene rings is 2. The average molecular weight is 288 g/mol. The van der Waals surface area contributed by atoms with Gasteiger partial charge < -0.3 is 10.1 Å². The third kappa shape index (κ3) is 2.04. The minimum atomic E-state index is -3.61. The van der Waals surface area contributed by atoms with Crippen LogP contribution in [0.5, 0.6) is 5.75 Å². The van der Waals surface area contributed by atoms with Crippen molar-refractivity contribution in [2.24, 2.45) is 4.40 Å². The minimum Gasteiger partial charge on any atom is -0.495 e. The van der Waals surface area contributed by atoms with Crippen LogP contribution in [0.3, 0.4) is 0 Å². The smallest absolute Gasteiger partial charge is 0.285 e. The van der Waals surface area contributed by atoms with E-state index in [1.54, 1.807) is 43.5 Å². The number of hydrogen-bond acceptors (Lipinski definition) is 4. The number of ether oxygens (including phenoxy) is 1. The summed E-state index contributed by atoms with van der Waals surface area (Å²) in [6.07, 6.45) is 0. The van der Waals surface area contributed by atoms with Crippen molar-refractivity contribution in [1.29, 1.82) is 0 Å². The summed E-state index contributed by atoms with van der Waals surface area (Å²) in [5, 5.41) is 3.02. The molecule has 5 nitrogen and oxygen atoms in total. The number of nitrogens with one attached hydrogen (secondary N) is 1. The molecule has 102 valence electrons. The Balaban J connectivity index is 2.05. The van der Waals surface area contributed by atoms with Gasteiger partial charge in [-0.1, -0.05) is 24.3 Å². The third-order valence-electron chi connectivity index (χ3n) is 2.99. The Morgan fingerprint density at radius 1 is 1.05 bits per heavy atom. The van der Waals surface area contributed by atoms with E-state index in [0.29, 0.717) is 22.8 Å². The van der Waals surface area contributed by atoms with E-state index < -0.39 is 10.0 Å². The quantitative estimate of drug-likeness (QED) is 0.920. The molecular formula is C14H12N2O3S. The molecular weight excluding hydrogens is 276 g/mol. The van der Waals surface area contributed by atoms with Crippen LogP contribution in [0, 0.1) is 0 Å². The van der Waals surface area contributed by atoms with Crippen molar-refractivity contribution in [3.63, 3.8) is 0 Å². The molecule has 1 heterocycles. The van der Waals surface area contributed by atoms with Crippen LogP contribution in [-0.4, -0.2) is 21.4 Å². The number of methoxy groups -OCH3 is 1. The lowest BCUT2D eigenvalue weighted by atomic mass is 10.2. The van der Waals surface area contributed by atoms with Gasteiger partial charge in [-0.3, -0.25) is 0 Å². The Bertz CT molecular complexity index is 798. The fraction of sp³-hybridized carbons (Fsp3) is 0.0714. The molecule has 0 amide bonds. The summed E-state index contributed by atoms with van der Waals surface area (Å²) in [6.45, 7) is 0. The van der Waals surface area contributed by atoms with Crippen LogP contribution in [0.15, 0.2) is 57.8 Å². The maximum atomic E-state index is 11.9. The first-order chi connectivity index (χ1) is 9.62. The predicted octanol–water partition coefficient (Wildman–Crippen LogP) is 2.26. The molecule has 0 fully saturated rings. The highest BCUT2D eigenvalue weighted by molar-refractivity contribution is 7.90. The number of nitrogens with zero attached hydrogens (tertiary/aromatic N) is 1. The molecule has 0 saturated heterocycles. The van der Waals surface area contributed by atoms with E-state index in [2.05, 4.69) is 9.71 Å². The van der Waals surface area contributed by atoms with Crippen molar-refractivity contribution in [2.45, 2.75) is 4.90 Å². The molecule has 3 rings (SSSR count). The number of sulfonamides is 1. The summed E-state index contributed by atoms with van der Waals surface area (Å²) < 4.78 is 32.9. The normalized spacial score (nSPS) is 15.3. The molecule has 0 unspecified atom stereocenters. The minimum absolute atomic E-state index is 0.220. The number of para-hydroxylation sites is 2. The van der Waals surface area contributed by atoms with Gasteiger partial charge in [-0.2, -0.15) is 8.42 Å². The number of fused-ring (bicyclic) bond motifs is 1. The van der Waals surface area contributed by atoms with Crippen LogP contribution in [-0.2, 0) is 10.0 Å². The number of rotatable bonds is 2. The van der Waals surface area contributed by atoms with Gasteiger partial charge in [0.25, 0.3) is 10.0 Å². The molecule has 20 heavy (non-hydrogen) atoms. The van der Waals surface area contributed by atoms with Gasteiger partial charge in [0, 0.05) is 5.56 Å². The molecule has 2 aromatic rings. The highest BCUT2D eigenvalue weighted by Crippen LogP contribution is 2.29. The second-order valence-corrected chi connectivity index (χ2v) is 5.81. The van der Waals surface area contributed by atoms with E-state index in [4.69, 9.17) is 4.74 Å². The summed E-state index contributed by atoms with van der Waals surface area (Å²) in [5.41, 5.74) is 1.24. The maximum absolute atomic E-state index is 11.9.